The molecular weight excluding hydrogens is 276 g/mol. The fraction of sp³-hybridized carbons (Fsp3) is 0.455. The molecule has 0 unspecified atom stereocenters. The first kappa shape index (κ1) is 15.8. The molecule has 0 aromatic heterocycles. The van der Waals surface area contributed by atoms with Gasteiger partial charge in [-0.05, 0) is 24.3 Å². The van der Waals surface area contributed by atoms with Gasteiger partial charge in [-0.3, -0.25) is 0 Å². The molecule has 0 aliphatic heterocycles. The van der Waals surface area contributed by atoms with Gasteiger partial charge in [-0.25, -0.2) is 21.9 Å². The first-order valence-corrected chi connectivity index (χ1v) is 7.20. The van der Waals surface area contributed by atoms with Crippen LogP contribution in [-0.4, -0.2) is 34.0 Å². The summed E-state index contributed by atoms with van der Waals surface area (Å²) >= 11 is 0. The molecule has 0 saturated heterocycles. The molecule has 0 heterocycles. The number of sulfonamides is 1. The molecule has 4 N–H and O–H groups in total. The monoisotopic (exact) mass is 293 g/mol. The minimum absolute atomic E-state index is 0.0884. The Morgan fingerprint density at radius 3 is 2.32 bits per heavy atom. The number of hydrogen-bond acceptors (Lipinski definition) is 4. The first-order chi connectivity index (χ1) is 8.80. The van der Waals surface area contributed by atoms with E-state index in [4.69, 9.17) is 5.73 Å². The highest BCUT2D eigenvalue weighted by Crippen LogP contribution is 2.16. The van der Waals surface area contributed by atoms with E-state index in [9.17, 15) is 17.2 Å². The van der Waals surface area contributed by atoms with Crippen LogP contribution in [-0.2, 0) is 10.0 Å². The third-order valence-electron chi connectivity index (χ3n) is 2.35. The van der Waals surface area contributed by atoms with Gasteiger partial charge in [-0.2, -0.15) is 0 Å². The lowest BCUT2D eigenvalue weighted by atomic mass is 10.3. The number of benzene rings is 1. The summed E-state index contributed by atoms with van der Waals surface area (Å²) in [6, 6.07) is 5.55. The minimum Gasteiger partial charge on any atom is -0.379 e. The van der Waals surface area contributed by atoms with Gasteiger partial charge in [0.05, 0.1) is 18.0 Å². The topological polar surface area (TPSA) is 84.2 Å². The summed E-state index contributed by atoms with van der Waals surface area (Å²) in [7, 11) is -3.52. The Labute approximate surface area is 111 Å². The number of halogens is 2. The summed E-state index contributed by atoms with van der Waals surface area (Å²) in [4.78, 5) is 0.0884. The maximum atomic E-state index is 12.9. The molecule has 0 fully saturated rings. The first-order valence-electron chi connectivity index (χ1n) is 5.72. The Hall–Kier alpha value is -1.25. The lowest BCUT2D eigenvalue weighted by Gasteiger charge is -2.15. The number of rotatable bonds is 7. The summed E-state index contributed by atoms with van der Waals surface area (Å²) in [5.74, 6) is -2.99. The lowest BCUT2D eigenvalue weighted by Crippen LogP contribution is -2.35. The average molecular weight is 293 g/mol. The Kier molecular flexibility index (Phi) is 5.21. The molecule has 0 atom stereocenters. The predicted octanol–water partition coefficient (Wildman–Crippen LogP) is 0.991. The molecule has 0 spiro atoms. The van der Waals surface area contributed by atoms with Gasteiger partial charge in [0.15, 0.2) is 0 Å². The van der Waals surface area contributed by atoms with Crippen molar-refractivity contribution in [1.82, 2.24) is 4.72 Å². The van der Waals surface area contributed by atoms with Gasteiger partial charge < -0.3 is 11.1 Å². The van der Waals surface area contributed by atoms with E-state index in [-0.39, 0.29) is 11.4 Å². The Morgan fingerprint density at radius 2 is 1.84 bits per heavy atom. The van der Waals surface area contributed by atoms with Crippen LogP contribution in [0.1, 0.15) is 6.92 Å². The summed E-state index contributed by atoms with van der Waals surface area (Å²) in [6.45, 7) is 0.614. The molecule has 5 nitrogen and oxygen atoms in total. The molecular formula is C11H17F2N3O2S. The smallest absolute Gasteiger partial charge is 0.276 e. The van der Waals surface area contributed by atoms with Crippen LogP contribution in [0.4, 0.5) is 14.5 Å². The van der Waals surface area contributed by atoms with Gasteiger partial charge in [0.2, 0.25) is 10.0 Å². The van der Waals surface area contributed by atoms with Crippen molar-refractivity contribution in [2.45, 2.75) is 17.7 Å². The average Bonchev–Trinajstić information content (AvgIpc) is 2.37. The zero-order chi connectivity index (χ0) is 14.5. The van der Waals surface area contributed by atoms with E-state index in [1.165, 1.54) is 24.3 Å². The van der Waals surface area contributed by atoms with Gasteiger partial charge >= 0.3 is 0 Å². The zero-order valence-electron chi connectivity index (χ0n) is 10.5. The van der Waals surface area contributed by atoms with Crippen molar-refractivity contribution in [1.29, 1.82) is 0 Å². The van der Waals surface area contributed by atoms with Crippen molar-refractivity contribution >= 4 is 15.7 Å². The van der Waals surface area contributed by atoms with Crippen LogP contribution in [0.3, 0.4) is 0 Å². The van der Waals surface area contributed by atoms with Crippen LogP contribution in [0.15, 0.2) is 29.2 Å². The van der Waals surface area contributed by atoms with E-state index in [1.807, 2.05) is 0 Å². The summed E-state index contributed by atoms with van der Waals surface area (Å²) in [5, 5.41) is 2.50. The number of nitrogens with one attached hydrogen (secondary N) is 2. The van der Waals surface area contributed by atoms with Crippen molar-refractivity contribution in [2.75, 3.05) is 25.0 Å². The van der Waals surface area contributed by atoms with Gasteiger partial charge in [0.1, 0.15) is 0 Å². The molecule has 0 aliphatic carbocycles. The van der Waals surface area contributed by atoms with Gasteiger partial charge in [0.25, 0.3) is 5.92 Å². The zero-order valence-corrected chi connectivity index (χ0v) is 11.3. The third kappa shape index (κ3) is 4.73. The lowest BCUT2D eigenvalue weighted by molar-refractivity contribution is 0.0254. The van der Waals surface area contributed by atoms with Crippen LogP contribution in [0.5, 0.6) is 0 Å². The van der Waals surface area contributed by atoms with Crippen molar-refractivity contribution < 1.29 is 17.2 Å². The molecule has 1 aromatic rings. The quantitative estimate of drug-likeness (QED) is 0.700. The fourth-order valence-electron chi connectivity index (χ4n) is 1.33. The summed E-state index contributed by atoms with van der Waals surface area (Å²) in [6.07, 6.45) is 0. The Bertz CT molecular complexity index is 503. The van der Waals surface area contributed by atoms with Gasteiger partial charge in [-0.15, -0.1) is 0 Å². The molecule has 0 bridgehead atoms. The second kappa shape index (κ2) is 6.27. The summed E-state index contributed by atoms with van der Waals surface area (Å²) in [5.41, 5.74) is 5.31. The van der Waals surface area contributed by atoms with Crippen molar-refractivity contribution in [3.63, 3.8) is 0 Å². The molecule has 108 valence electrons. The Balaban J connectivity index is 2.72. The number of hydrogen-bond donors (Lipinski definition) is 3. The molecule has 0 aliphatic rings. The van der Waals surface area contributed by atoms with E-state index in [1.54, 1.807) is 6.92 Å². The molecule has 8 heteroatoms. The van der Waals surface area contributed by atoms with Crippen LogP contribution >= 0.6 is 0 Å². The van der Waals surface area contributed by atoms with Gasteiger partial charge in [-0.1, -0.05) is 6.92 Å². The van der Waals surface area contributed by atoms with E-state index < -0.39 is 29.0 Å². The normalized spacial score (nSPS) is 12.4. The van der Waals surface area contributed by atoms with Crippen LogP contribution in [0, 0.1) is 0 Å². The van der Waals surface area contributed by atoms with Crippen LogP contribution in [0.2, 0.25) is 0 Å². The highest BCUT2D eigenvalue weighted by molar-refractivity contribution is 7.89. The number of anilines is 1. The van der Waals surface area contributed by atoms with Crippen molar-refractivity contribution in [3.05, 3.63) is 24.3 Å². The molecule has 0 radical (unpaired) electrons. The van der Waals surface area contributed by atoms with Crippen molar-refractivity contribution in [3.8, 4) is 0 Å². The summed E-state index contributed by atoms with van der Waals surface area (Å²) < 4.78 is 51.4. The van der Waals surface area contributed by atoms with E-state index in [2.05, 4.69) is 10.0 Å². The maximum Gasteiger partial charge on any atom is 0.276 e. The van der Waals surface area contributed by atoms with E-state index in [0.717, 1.165) is 0 Å². The highest BCUT2D eigenvalue weighted by Gasteiger charge is 2.26. The Morgan fingerprint density at radius 1 is 1.26 bits per heavy atom. The molecule has 1 rings (SSSR count). The molecule has 19 heavy (non-hydrogen) atoms. The standard InChI is InChI=1S/C11H17F2N3O2S/c1-2-16-19(17,18)10-5-3-9(4-6-10)15-8-11(12,13)7-14/h3-6,15-16H,2,7-8,14H2,1H3. The molecule has 1 aromatic carbocycles. The largest absolute Gasteiger partial charge is 0.379 e. The molecule has 0 saturated carbocycles. The van der Waals surface area contributed by atoms with Crippen LogP contribution in [0.25, 0.3) is 0 Å². The third-order valence-corrected chi connectivity index (χ3v) is 3.91. The highest BCUT2D eigenvalue weighted by atomic mass is 32.2. The van der Waals surface area contributed by atoms with Crippen molar-refractivity contribution in [2.24, 2.45) is 5.73 Å². The SMILES string of the molecule is CCNS(=O)(=O)c1ccc(NCC(F)(F)CN)cc1. The van der Waals surface area contributed by atoms with E-state index in [0.29, 0.717) is 5.69 Å². The van der Waals surface area contributed by atoms with Crippen LogP contribution < -0.4 is 15.8 Å². The molecule has 0 amide bonds. The fourth-order valence-corrected chi connectivity index (χ4v) is 2.37. The second-order valence-corrected chi connectivity index (χ2v) is 5.71. The second-order valence-electron chi connectivity index (χ2n) is 3.94. The maximum absolute atomic E-state index is 12.9. The van der Waals surface area contributed by atoms with Gasteiger partial charge in [0, 0.05) is 12.2 Å². The minimum atomic E-state index is -3.52. The van der Waals surface area contributed by atoms with E-state index >= 15 is 0 Å². The number of nitrogens with two attached hydrogens (primary N) is 1. The number of alkyl halides is 2. The predicted molar refractivity (Wildman–Crippen MR) is 69.8 cm³/mol.